The van der Waals surface area contributed by atoms with Gasteiger partial charge in [0.05, 0.1) is 25.8 Å². The Bertz CT molecular complexity index is 825. The number of piperidine rings is 1. The van der Waals surface area contributed by atoms with Crippen LogP contribution in [0.4, 0.5) is 5.82 Å². The maximum atomic E-state index is 12.7. The van der Waals surface area contributed by atoms with Gasteiger partial charge in [0.2, 0.25) is 5.91 Å². The third kappa shape index (κ3) is 3.72. The molecule has 4 rings (SSSR count). The van der Waals surface area contributed by atoms with Crippen molar-refractivity contribution in [1.29, 1.82) is 0 Å². The van der Waals surface area contributed by atoms with Crippen molar-refractivity contribution in [2.24, 2.45) is 5.92 Å². The van der Waals surface area contributed by atoms with Gasteiger partial charge < -0.3 is 19.3 Å². The zero-order chi connectivity index (χ0) is 18.8. The zero-order valence-corrected chi connectivity index (χ0v) is 16.1. The standard InChI is InChI=1S/C21H27N3O3/c1-15-13-20(22-19-14-17(26-2)3-4-18(15)19)23-7-5-16(6-8-23)21(25)24-9-11-27-12-10-24/h3-4,13-14,16H,5-12H2,1-2H3. The molecule has 6 nitrogen and oxygen atoms in total. The van der Waals surface area contributed by atoms with Crippen LogP contribution in [0, 0.1) is 12.8 Å². The molecule has 0 bridgehead atoms. The number of carbonyl (C=O) groups is 1. The first-order chi connectivity index (χ1) is 13.2. The van der Waals surface area contributed by atoms with Crippen LogP contribution in [-0.4, -0.2) is 62.3 Å². The molecule has 2 aliphatic heterocycles. The molecule has 0 radical (unpaired) electrons. The van der Waals surface area contributed by atoms with Crippen molar-refractivity contribution in [1.82, 2.24) is 9.88 Å². The molecule has 27 heavy (non-hydrogen) atoms. The third-order valence-electron chi connectivity index (χ3n) is 5.70. The minimum absolute atomic E-state index is 0.126. The third-order valence-corrected chi connectivity index (χ3v) is 5.70. The lowest BCUT2D eigenvalue weighted by molar-refractivity contribution is -0.140. The molecule has 1 amide bonds. The number of pyridine rings is 1. The average Bonchev–Trinajstić information content (AvgIpc) is 2.73. The smallest absolute Gasteiger partial charge is 0.225 e. The van der Waals surface area contributed by atoms with Gasteiger partial charge in [0.1, 0.15) is 11.6 Å². The van der Waals surface area contributed by atoms with Gasteiger partial charge in [-0.3, -0.25) is 4.79 Å². The van der Waals surface area contributed by atoms with Crippen molar-refractivity contribution in [3.05, 3.63) is 29.8 Å². The van der Waals surface area contributed by atoms with Crippen LogP contribution in [0.5, 0.6) is 5.75 Å². The lowest BCUT2D eigenvalue weighted by Crippen LogP contribution is -2.46. The number of hydrogen-bond acceptors (Lipinski definition) is 5. The highest BCUT2D eigenvalue weighted by molar-refractivity contribution is 5.85. The monoisotopic (exact) mass is 369 g/mol. The quantitative estimate of drug-likeness (QED) is 0.833. The molecule has 6 heteroatoms. The first kappa shape index (κ1) is 18.0. The van der Waals surface area contributed by atoms with Crippen LogP contribution in [0.3, 0.4) is 0 Å². The Labute approximate surface area is 160 Å². The molecule has 144 valence electrons. The van der Waals surface area contributed by atoms with Gasteiger partial charge in [0, 0.05) is 43.5 Å². The number of hydrogen-bond donors (Lipinski definition) is 0. The van der Waals surface area contributed by atoms with E-state index in [2.05, 4.69) is 24.0 Å². The molecule has 2 aliphatic rings. The van der Waals surface area contributed by atoms with E-state index in [1.807, 2.05) is 17.0 Å². The summed E-state index contributed by atoms with van der Waals surface area (Å²) in [5.74, 6) is 2.23. The molecule has 0 saturated carbocycles. The normalized spacial score (nSPS) is 18.7. The summed E-state index contributed by atoms with van der Waals surface area (Å²) in [7, 11) is 1.67. The Morgan fingerprint density at radius 1 is 1.15 bits per heavy atom. The van der Waals surface area contributed by atoms with Crippen molar-refractivity contribution in [2.75, 3.05) is 51.4 Å². The van der Waals surface area contributed by atoms with Crippen LogP contribution in [0.15, 0.2) is 24.3 Å². The molecule has 2 fully saturated rings. The highest BCUT2D eigenvalue weighted by atomic mass is 16.5. The van der Waals surface area contributed by atoms with E-state index in [0.717, 1.165) is 61.5 Å². The maximum Gasteiger partial charge on any atom is 0.225 e. The summed E-state index contributed by atoms with van der Waals surface area (Å²) in [6, 6.07) is 8.17. The maximum absolute atomic E-state index is 12.7. The van der Waals surface area contributed by atoms with Crippen molar-refractivity contribution >= 4 is 22.6 Å². The van der Waals surface area contributed by atoms with E-state index in [1.54, 1.807) is 7.11 Å². The highest BCUT2D eigenvalue weighted by Crippen LogP contribution is 2.29. The lowest BCUT2D eigenvalue weighted by Gasteiger charge is -2.36. The van der Waals surface area contributed by atoms with Gasteiger partial charge in [-0.2, -0.15) is 0 Å². The van der Waals surface area contributed by atoms with Crippen LogP contribution in [0.2, 0.25) is 0 Å². The van der Waals surface area contributed by atoms with Crippen molar-refractivity contribution in [2.45, 2.75) is 19.8 Å². The SMILES string of the molecule is COc1ccc2c(C)cc(N3CCC(C(=O)N4CCOCC4)CC3)nc2c1. The minimum atomic E-state index is 0.126. The first-order valence-electron chi connectivity index (χ1n) is 9.72. The summed E-state index contributed by atoms with van der Waals surface area (Å²) in [6.07, 6.45) is 1.76. The molecule has 0 spiro atoms. The number of aryl methyl sites for hydroxylation is 1. The topological polar surface area (TPSA) is 54.9 Å². The molecule has 2 aromatic rings. The number of carbonyl (C=O) groups excluding carboxylic acids is 1. The molecule has 2 saturated heterocycles. The number of fused-ring (bicyclic) bond motifs is 1. The Balaban J connectivity index is 1.46. The van der Waals surface area contributed by atoms with E-state index < -0.39 is 0 Å². The fourth-order valence-corrected chi connectivity index (χ4v) is 4.05. The van der Waals surface area contributed by atoms with E-state index in [4.69, 9.17) is 14.5 Å². The van der Waals surface area contributed by atoms with Gasteiger partial charge in [0.25, 0.3) is 0 Å². The summed E-state index contributed by atoms with van der Waals surface area (Å²) in [4.78, 5) is 21.8. The summed E-state index contributed by atoms with van der Waals surface area (Å²) in [6.45, 7) is 6.63. The Morgan fingerprint density at radius 3 is 2.59 bits per heavy atom. The predicted octanol–water partition coefficient (Wildman–Crippen LogP) is 2.63. The number of ether oxygens (including phenoxy) is 2. The lowest BCUT2D eigenvalue weighted by atomic mass is 9.95. The van der Waals surface area contributed by atoms with Crippen LogP contribution in [-0.2, 0) is 9.53 Å². The van der Waals surface area contributed by atoms with E-state index in [0.29, 0.717) is 19.1 Å². The van der Waals surface area contributed by atoms with Crippen LogP contribution < -0.4 is 9.64 Å². The molecule has 3 heterocycles. The molecule has 1 aromatic heterocycles. The average molecular weight is 369 g/mol. The summed E-state index contributed by atoms with van der Waals surface area (Å²) >= 11 is 0. The molecule has 1 aromatic carbocycles. The van der Waals surface area contributed by atoms with E-state index >= 15 is 0 Å². The van der Waals surface area contributed by atoms with Gasteiger partial charge in [-0.05, 0) is 43.5 Å². The molecule has 0 aliphatic carbocycles. The number of amides is 1. The zero-order valence-electron chi connectivity index (χ0n) is 16.1. The Kier molecular flexibility index (Phi) is 5.16. The number of morpholine rings is 1. The fraction of sp³-hybridized carbons (Fsp3) is 0.524. The van der Waals surface area contributed by atoms with Crippen LogP contribution in [0.1, 0.15) is 18.4 Å². The van der Waals surface area contributed by atoms with Gasteiger partial charge in [0.15, 0.2) is 0 Å². The van der Waals surface area contributed by atoms with Crippen molar-refractivity contribution in [3.63, 3.8) is 0 Å². The number of benzene rings is 1. The van der Waals surface area contributed by atoms with Crippen molar-refractivity contribution in [3.8, 4) is 5.75 Å². The number of methoxy groups -OCH3 is 1. The van der Waals surface area contributed by atoms with Gasteiger partial charge in [-0.1, -0.05) is 0 Å². The summed E-state index contributed by atoms with van der Waals surface area (Å²) in [5.41, 5.74) is 2.17. The number of aromatic nitrogens is 1. The van der Waals surface area contributed by atoms with E-state index in [1.165, 1.54) is 5.56 Å². The van der Waals surface area contributed by atoms with E-state index in [9.17, 15) is 4.79 Å². The van der Waals surface area contributed by atoms with Crippen LogP contribution >= 0.6 is 0 Å². The van der Waals surface area contributed by atoms with Gasteiger partial charge in [-0.15, -0.1) is 0 Å². The Hall–Kier alpha value is -2.34. The first-order valence-corrected chi connectivity index (χ1v) is 9.72. The summed E-state index contributed by atoms with van der Waals surface area (Å²) < 4.78 is 10.7. The predicted molar refractivity (Wildman–Crippen MR) is 105 cm³/mol. The van der Waals surface area contributed by atoms with Crippen LogP contribution in [0.25, 0.3) is 10.9 Å². The fourth-order valence-electron chi connectivity index (χ4n) is 4.05. The molecule has 0 unspecified atom stereocenters. The molecule has 0 N–H and O–H groups in total. The molecular formula is C21H27N3O3. The Morgan fingerprint density at radius 2 is 1.89 bits per heavy atom. The molecular weight excluding hydrogens is 342 g/mol. The highest BCUT2D eigenvalue weighted by Gasteiger charge is 2.29. The van der Waals surface area contributed by atoms with Crippen molar-refractivity contribution < 1.29 is 14.3 Å². The second kappa shape index (κ2) is 7.72. The van der Waals surface area contributed by atoms with E-state index in [-0.39, 0.29) is 5.92 Å². The number of anilines is 1. The number of nitrogens with zero attached hydrogens (tertiary/aromatic N) is 3. The second-order valence-electron chi connectivity index (χ2n) is 7.38. The van der Waals surface area contributed by atoms with Gasteiger partial charge in [-0.25, -0.2) is 4.98 Å². The van der Waals surface area contributed by atoms with Gasteiger partial charge >= 0.3 is 0 Å². The largest absolute Gasteiger partial charge is 0.497 e. The molecule has 0 atom stereocenters. The number of rotatable bonds is 3. The second-order valence-corrected chi connectivity index (χ2v) is 7.38. The summed E-state index contributed by atoms with van der Waals surface area (Å²) in [5, 5.41) is 1.15. The minimum Gasteiger partial charge on any atom is -0.497 e.